The molecule has 0 spiro atoms. The number of nitrogens with zero attached hydrogens (tertiary/aromatic N) is 2. The van der Waals surface area contributed by atoms with E-state index in [1.54, 1.807) is 55.6 Å². The van der Waals surface area contributed by atoms with Crippen molar-refractivity contribution in [1.82, 2.24) is 0 Å². The quantitative estimate of drug-likeness (QED) is 0.0710. The second-order valence-electron chi connectivity index (χ2n) is 9.93. The van der Waals surface area contributed by atoms with Crippen LogP contribution in [0.25, 0.3) is 0 Å². The smallest absolute Gasteiger partial charge is 0.343 e. The molecule has 45 heavy (non-hydrogen) atoms. The Morgan fingerprint density at radius 1 is 0.800 bits per heavy atom. The summed E-state index contributed by atoms with van der Waals surface area (Å²) < 4.78 is 21.4. The maximum absolute atomic E-state index is 12.7. The average molecular weight is 611 g/mol. The largest absolute Gasteiger partial charge is 0.497 e. The molecule has 1 aliphatic rings. The summed E-state index contributed by atoms with van der Waals surface area (Å²) in [5.41, 5.74) is 0.781. The third-order valence-corrected chi connectivity index (χ3v) is 6.95. The molecular weight excluding hydrogens is 584 g/mol. The van der Waals surface area contributed by atoms with Gasteiger partial charge in [0.2, 0.25) is 5.91 Å². The molecule has 5 rings (SSSR count). The van der Waals surface area contributed by atoms with Crippen molar-refractivity contribution >= 4 is 35.0 Å². The molecule has 12 heteroatoms. The molecule has 4 aromatic rings. The lowest BCUT2D eigenvalue weighted by Crippen LogP contribution is -2.27. The van der Waals surface area contributed by atoms with Gasteiger partial charge in [-0.15, -0.1) is 0 Å². The highest BCUT2D eigenvalue weighted by Crippen LogP contribution is 2.30. The first-order chi connectivity index (χ1) is 21.7. The zero-order chi connectivity index (χ0) is 31.9. The third-order valence-electron chi connectivity index (χ3n) is 6.95. The maximum Gasteiger partial charge on any atom is 0.343 e. The number of non-ortho nitro benzene ring substituents is 1. The normalized spacial score (nSPS) is 14.0. The van der Waals surface area contributed by atoms with Crippen LogP contribution in [0.3, 0.4) is 0 Å². The van der Waals surface area contributed by atoms with E-state index in [1.807, 2.05) is 0 Å². The van der Waals surface area contributed by atoms with Crippen LogP contribution in [0, 0.1) is 16.0 Å². The Labute approximate surface area is 256 Å². The fourth-order valence-electron chi connectivity index (χ4n) is 4.52. The van der Waals surface area contributed by atoms with Crippen LogP contribution in [0.1, 0.15) is 27.1 Å². The van der Waals surface area contributed by atoms with E-state index in [0.717, 1.165) is 0 Å². The number of hydrogen-bond donors (Lipinski definition) is 0. The molecule has 1 aliphatic heterocycles. The van der Waals surface area contributed by atoms with E-state index in [0.29, 0.717) is 22.9 Å². The highest BCUT2D eigenvalue weighted by Gasteiger charge is 2.36. The summed E-state index contributed by atoms with van der Waals surface area (Å²) in [6.45, 7) is -0.414. The molecule has 0 aliphatic carbocycles. The summed E-state index contributed by atoms with van der Waals surface area (Å²) in [4.78, 5) is 62.0. The Kier molecular flexibility index (Phi) is 9.13. The lowest BCUT2D eigenvalue weighted by molar-refractivity contribution is -0.384. The molecule has 1 fully saturated rings. The minimum Gasteiger partial charge on any atom is -0.497 e. The second kappa shape index (κ2) is 13.5. The molecule has 12 nitrogen and oxygen atoms in total. The Morgan fingerprint density at radius 2 is 1.36 bits per heavy atom. The van der Waals surface area contributed by atoms with Crippen molar-refractivity contribution in [1.29, 1.82) is 0 Å². The number of benzene rings is 4. The van der Waals surface area contributed by atoms with Crippen molar-refractivity contribution in [2.45, 2.75) is 6.42 Å². The van der Waals surface area contributed by atoms with Gasteiger partial charge in [-0.25, -0.2) is 4.79 Å². The van der Waals surface area contributed by atoms with Crippen LogP contribution in [0.15, 0.2) is 97.1 Å². The molecule has 1 unspecified atom stereocenters. The number of methoxy groups -OCH3 is 1. The van der Waals surface area contributed by atoms with E-state index in [-0.39, 0.29) is 41.4 Å². The first-order valence-electron chi connectivity index (χ1n) is 13.7. The molecule has 0 N–H and O–H groups in total. The lowest BCUT2D eigenvalue weighted by Gasteiger charge is -2.17. The first kappa shape index (κ1) is 30.4. The van der Waals surface area contributed by atoms with Crippen LogP contribution >= 0.6 is 0 Å². The van der Waals surface area contributed by atoms with Crippen molar-refractivity contribution in [3.8, 4) is 23.0 Å². The number of anilines is 1. The summed E-state index contributed by atoms with van der Waals surface area (Å²) in [5.74, 6) is -0.795. The molecule has 0 radical (unpaired) electrons. The number of amides is 1. The van der Waals surface area contributed by atoms with Gasteiger partial charge in [-0.1, -0.05) is 0 Å². The first-order valence-corrected chi connectivity index (χ1v) is 13.7. The molecule has 1 amide bonds. The van der Waals surface area contributed by atoms with Gasteiger partial charge in [-0.05, 0) is 84.9 Å². The number of carbonyl (C=O) groups excluding carboxylic acids is 4. The van der Waals surface area contributed by atoms with Crippen molar-refractivity contribution in [3.63, 3.8) is 0 Å². The predicted molar refractivity (Wildman–Crippen MR) is 160 cm³/mol. The molecule has 1 atom stereocenters. The number of rotatable bonds is 11. The number of Topliss-reactive ketones (excluding diaryl/α,β-unsaturated/α-hetero) is 1. The molecule has 0 saturated carbocycles. The summed E-state index contributed by atoms with van der Waals surface area (Å²) >= 11 is 0. The predicted octanol–water partition coefficient (Wildman–Crippen LogP) is 5.39. The molecular formula is C33H26N2O10. The zero-order valence-electron chi connectivity index (χ0n) is 23.9. The van der Waals surface area contributed by atoms with Crippen molar-refractivity contribution in [2.75, 3.05) is 25.2 Å². The van der Waals surface area contributed by atoms with Crippen molar-refractivity contribution in [3.05, 3.63) is 118 Å². The summed E-state index contributed by atoms with van der Waals surface area (Å²) in [6, 6.07) is 24.6. The molecule has 228 valence electrons. The number of ether oxygens (including phenoxy) is 4. The van der Waals surface area contributed by atoms with Crippen LogP contribution in [0.2, 0.25) is 0 Å². The van der Waals surface area contributed by atoms with Gasteiger partial charge in [-0.2, -0.15) is 0 Å². The number of nitro groups is 1. The Balaban J connectivity index is 1.09. The van der Waals surface area contributed by atoms with Crippen molar-refractivity contribution < 1.29 is 43.0 Å². The van der Waals surface area contributed by atoms with Crippen LogP contribution in [-0.4, -0.2) is 48.8 Å². The van der Waals surface area contributed by atoms with Crippen molar-refractivity contribution in [2.24, 2.45) is 5.92 Å². The van der Waals surface area contributed by atoms with E-state index < -0.39 is 35.2 Å². The van der Waals surface area contributed by atoms with Gasteiger partial charge in [0.25, 0.3) is 5.69 Å². The monoisotopic (exact) mass is 610 g/mol. The number of ketones is 1. The number of carbonyl (C=O) groups is 4. The van der Waals surface area contributed by atoms with E-state index in [4.69, 9.17) is 18.9 Å². The summed E-state index contributed by atoms with van der Waals surface area (Å²) in [5, 5.41) is 10.8. The standard InChI is InChI=1S/C33H26N2O10/c1-42-26-14-16-28(17-15-26)44-27-12-8-24(9-13-27)34-19-23(18-31(34)37)32(38)43-20-30(36)21-4-10-29(11-5-21)45-33(39)22-2-6-25(7-3-22)35(40)41/h2-17,23H,18-20H2,1H3. The van der Waals surface area contributed by atoms with Gasteiger partial charge in [0, 0.05) is 36.3 Å². The van der Waals surface area contributed by atoms with Gasteiger partial charge < -0.3 is 23.8 Å². The van der Waals surface area contributed by atoms with Crippen LogP contribution in [-0.2, 0) is 14.3 Å². The van der Waals surface area contributed by atoms with Crippen LogP contribution in [0.5, 0.6) is 23.0 Å². The second-order valence-corrected chi connectivity index (χ2v) is 9.93. The Hall–Kier alpha value is -6.04. The van der Waals surface area contributed by atoms with E-state index >= 15 is 0 Å². The molecule has 1 heterocycles. The minimum atomic E-state index is -0.735. The number of hydrogen-bond acceptors (Lipinski definition) is 10. The van der Waals surface area contributed by atoms with Crippen LogP contribution in [0.4, 0.5) is 11.4 Å². The topological polar surface area (TPSA) is 152 Å². The zero-order valence-corrected chi connectivity index (χ0v) is 23.9. The van der Waals surface area contributed by atoms with Crippen LogP contribution < -0.4 is 19.1 Å². The van der Waals surface area contributed by atoms with Gasteiger partial charge in [-0.3, -0.25) is 24.5 Å². The van der Waals surface area contributed by atoms with Gasteiger partial charge in [0.05, 0.1) is 23.5 Å². The van der Waals surface area contributed by atoms with Gasteiger partial charge in [0.15, 0.2) is 12.4 Å². The Morgan fingerprint density at radius 3 is 1.96 bits per heavy atom. The molecule has 0 aromatic heterocycles. The van der Waals surface area contributed by atoms with Gasteiger partial charge in [0.1, 0.15) is 23.0 Å². The number of esters is 2. The van der Waals surface area contributed by atoms with Gasteiger partial charge >= 0.3 is 11.9 Å². The number of nitro benzene ring substituents is 1. The highest BCUT2D eigenvalue weighted by molar-refractivity contribution is 6.01. The SMILES string of the molecule is COc1ccc(Oc2ccc(N3CC(C(=O)OCC(=O)c4ccc(OC(=O)c5ccc([N+](=O)[O-])cc5)cc4)CC3=O)cc2)cc1. The molecule has 4 aromatic carbocycles. The van der Waals surface area contributed by atoms with E-state index in [9.17, 15) is 29.3 Å². The molecule has 0 bridgehead atoms. The fourth-order valence-corrected chi connectivity index (χ4v) is 4.52. The maximum atomic E-state index is 12.7. The minimum absolute atomic E-state index is 0.0497. The highest BCUT2D eigenvalue weighted by atomic mass is 16.6. The van der Waals surface area contributed by atoms with E-state index in [1.165, 1.54) is 53.4 Å². The molecule has 1 saturated heterocycles. The summed E-state index contributed by atoms with van der Waals surface area (Å²) in [7, 11) is 1.58. The average Bonchev–Trinajstić information content (AvgIpc) is 3.46. The Bertz CT molecular complexity index is 1720. The van der Waals surface area contributed by atoms with E-state index in [2.05, 4.69) is 0 Å². The summed E-state index contributed by atoms with van der Waals surface area (Å²) in [6.07, 6.45) is -0.0497. The third kappa shape index (κ3) is 7.49. The fraction of sp³-hybridized carbons (Fsp3) is 0.152. The lowest BCUT2D eigenvalue weighted by atomic mass is 10.1.